The summed E-state index contributed by atoms with van der Waals surface area (Å²) >= 11 is 0. The predicted molar refractivity (Wildman–Crippen MR) is 69.9 cm³/mol. The predicted octanol–water partition coefficient (Wildman–Crippen LogP) is 3.27. The second-order valence-electron chi connectivity index (χ2n) is 5.11. The molecular formula is C15H17NO. The Labute approximate surface area is 101 Å². The fourth-order valence-electron chi connectivity index (χ4n) is 2.84. The molecule has 0 spiro atoms. The summed E-state index contributed by atoms with van der Waals surface area (Å²) in [6.07, 6.45) is 4.61. The maximum Gasteiger partial charge on any atom is 0.116 e. The highest BCUT2D eigenvalue weighted by Crippen LogP contribution is 2.37. The molecule has 3 rings (SSSR count). The van der Waals surface area contributed by atoms with E-state index in [2.05, 4.69) is 18.2 Å². The van der Waals surface area contributed by atoms with E-state index in [1.54, 1.807) is 12.1 Å². The molecule has 2 aromatic carbocycles. The van der Waals surface area contributed by atoms with Gasteiger partial charge in [0.25, 0.3) is 0 Å². The smallest absolute Gasteiger partial charge is 0.116 e. The minimum absolute atomic E-state index is 0.133. The largest absolute Gasteiger partial charge is 0.508 e. The zero-order valence-corrected chi connectivity index (χ0v) is 9.82. The first kappa shape index (κ1) is 10.6. The second-order valence-corrected chi connectivity index (χ2v) is 5.11. The van der Waals surface area contributed by atoms with Crippen LogP contribution in [0, 0.1) is 0 Å². The fourth-order valence-corrected chi connectivity index (χ4v) is 2.84. The third-order valence-corrected chi connectivity index (χ3v) is 3.89. The summed E-state index contributed by atoms with van der Waals surface area (Å²) in [7, 11) is 0. The van der Waals surface area contributed by atoms with Crippen LogP contribution >= 0.6 is 0 Å². The van der Waals surface area contributed by atoms with E-state index < -0.39 is 0 Å². The standard InChI is InChI=1S/C15H17NO/c16-15(7-1-2-8-15)13-5-3-12-10-14(17)6-4-11(12)9-13/h3-6,9-10,17H,1-2,7-8,16H2. The van der Waals surface area contributed by atoms with Crippen LogP contribution in [-0.2, 0) is 5.54 Å². The summed E-state index contributed by atoms with van der Waals surface area (Å²) < 4.78 is 0. The van der Waals surface area contributed by atoms with Crippen LogP contribution in [-0.4, -0.2) is 5.11 Å². The van der Waals surface area contributed by atoms with Gasteiger partial charge < -0.3 is 10.8 Å². The number of fused-ring (bicyclic) bond motifs is 1. The Kier molecular flexibility index (Phi) is 2.33. The molecule has 2 aromatic rings. The van der Waals surface area contributed by atoms with Gasteiger partial charge in [-0.3, -0.25) is 0 Å². The minimum Gasteiger partial charge on any atom is -0.508 e. The minimum atomic E-state index is -0.133. The molecule has 0 radical (unpaired) electrons. The Morgan fingerprint density at radius 3 is 2.35 bits per heavy atom. The highest BCUT2D eigenvalue weighted by Gasteiger charge is 2.31. The lowest BCUT2D eigenvalue weighted by molar-refractivity contribution is 0.462. The molecule has 0 bridgehead atoms. The van der Waals surface area contributed by atoms with E-state index >= 15 is 0 Å². The van der Waals surface area contributed by atoms with Crippen molar-refractivity contribution in [2.45, 2.75) is 31.2 Å². The molecule has 2 heteroatoms. The highest BCUT2D eigenvalue weighted by atomic mass is 16.3. The van der Waals surface area contributed by atoms with Crippen molar-refractivity contribution in [3.8, 4) is 5.75 Å². The number of hydrogen-bond donors (Lipinski definition) is 2. The van der Waals surface area contributed by atoms with Gasteiger partial charge in [-0.1, -0.05) is 31.0 Å². The van der Waals surface area contributed by atoms with Gasteiger partial charge in [-0.25, -0.2) is 0 Å². The quantitative estimate of drug-likeness (QED) is 0.785. The molecule has 1 aliphatic carbocycles. The van der Waals surface area contributed by atoms with Gasteiger partial charge in [-0.05, 0) is 47.4 Å². The molecular weight excluding hydrogens is 210 g/mol. The van der Waals surface area contributed by atoms with Crippen LogP contribution in [0.15, 0.2) is 36.4 Å². The summed E-state index contributed by atoms with van der Waals surface area (Å²) in [6.45, 7) is 0. The second kappa shape index (κ2) is 3.74. The SMILES string of the molecule is NC1(c2ccc3cc(O)ccc3c2)CCCC1. The summed E-state index contributed by atoms with van der Waals surface area (Å²) in [4.78, 5) is 0. The van der Waals surface area contributed by atoms with Gasteiger partial charge in [-0.15, -0.1) is 0 Å². The lowest BCUT2D eigenvalue weighted by Gasteiger charge is -2.24. The van der Waals surface area contributed by atoms with Crippen LogP contribution in [0.3, 0.4) is 0 Å². The number of rotatable bonds is 1. The van der Waals surface area contributed by atoms with Gasteiger partial charge >= 0.3 is 0 Å². The molecule has 0 amide bonds. The molecule has 0 saturated heterocycles. The van der Waals surface area contributed by atoms with Crippen LogP contribution in [0.2, 0.25) is 0 Å². The maximum atomic E-state index is 9.44. The lowest BCUT2D eigenvalue weighted by Crippen LogP contribution is -2.32. The van der Waals surface area contributed by atoms with Gasteiger partial charge in [-0.2, -0.15) is 0 Å². The van der Waals surface area contributed by atoms with Crippen LogP contribution < -0.4 is 5.73 Å². The molecule has 0 aromatic heterocycles. The number of phenolic OH excluding ortho intramolecular Hbond substituents is 1. The topological polar surface area (TPSA) is 46.2 Å². The average Bonchev–Trinajstić information content (AvgIpc) is 2.77. The van der Waals surface area contributed by atoms with E-state index in [1.165, 1.54) is 18.4 Å². The van der Waals surface area contributed by atoms with Crippen molar-refractivity contribution in [1.82, 2.24) is 0 Å². The first-order valence-electron chi connectivity index (χ1n) is 6.20. The molecule has 2 nitrogen and oxygen atoms in total. The number of phenols is 1. The Morgan fingerprint density at radius 2 is 1.59 bits per heavy atom. The first-order valence-corrected chi connectivity index (χ1v) is 6.20. The molecule has 0 atom stereocenters. The van der Waals surface area contributed by atoms with Gasteiger partial charge in [0.2, 0.25) is 0 Å². The lowest BCUT2D eigenvalue weighted by atomic mass is 9.88. The van der Waals surface area contributed by atoms with Crippen molar-refractivity contribution in [3.63, 3.8) is 0 Å². The zero-order chi connectivity index (χ0) is 11.9. The molecule has 17 heavy (non-hydrogen) atoms. The third kappa shape index (κ3) is 1.79. The summed E-state index contributed by atoms with van der Waals surface area (Å²) in [6, 6.07) is 11.8. The summed E-state index contributed by atoms with van der Waals surface area (Å²) in [5.74, 6) is 0.313. The Bertz CT molecular complexity index is 556. The van der Waals surface area contributed by atoms with Crippen LogP contribution in [0.1, 0.15) is 31.2 Å². The van der Waals surface area contributed by atoms with Gasteiger partial charge in [0.1, 0.15) is 5.75 Å². The Morgan fingerprint density at radius 1 is 0.941 bits per heavy atom. The fraction of sp³-hybridized carbons (Fsp3) is 0.333. The number of hydrogen-bond acceptors (Lipinski definition) is 2. The molecule has 1 saturated carbocycles. The van der Waals surface area contributed by atoms with Crippen LogP contribution in [0.5, 0.6) is 5.75 Å². The monoisotopic (exact) mass is 227 g/mol. The zero-order valence-electron chi connectivity index (χ0n) is 9.82. The van der Waals surface area contributed by atoms with Gasteiger partial charge in [0.05, 0.1) is 0 Å². The number of aromatic hydroxyl groups is 1. The Balaban J connectivity index is 2.10. The molecule has 0 unspecified atom stereocenters. The van der Waals surface area contributed by atoms with E-state index in [4.69, 9.17) is 5.73 Å². The molecule has 88 valence electrons. The third-order valence-electron chi connectivity index (χ3n) is 3.89. The van der Waals surface area contributed by atoms with Crippen molar-refractivity contribution < 1.29 is 5.11 Å². The van der Waals surface area contributed by atoms with Crippen molar-refractivity contribution in [2.24, 2.45) is 5.73 Å². The molecule has 3 N–H and O–H groups in total. The number of nitrogens with two attached hydrogens (primary N) is 1. The van der Waals surface area contributed by atoms with Crippen molar-refractivity contribution in [2.75, 3.05) is 0 Å². The van der Waals surface area contributed by atoms with Crippen molar-refractivity contribution in [3.05, 3.63) is 42.0 Å². The summed E-state index contributed by atoms with van der Waals surface area (Å²) in [5, 5.41) is 11.7. The van der Waals surface area contributed by atoms with E-state index in [0.717, 1.165) is 23.6 Å². The average molecular weight is 227 g/mol. The van der Waals surface area contributed by atoms with Gasteiger partial charge in [0, 0.05) is 5.54 Å². The van der Waals surface area contributed by atoms with E-state index in [9.17, 15) is 5.11 Å². The van der Waals surface area contributed by atoms with E-state index in [-0.39, 0.29) is 5.54 Å². The summed E-state index contributed by atoms with van der Waals surface area (Å²) in [5.41, 5.74) is 7.55. The Hall–Kier alpha value is -1.54. The van der Waals surface area contributed by atoms with Gasteiger partial charge in [0.15, 0.2) is 0 Å². The maximum absolute atomic E-state index is 9.44. The van der Waals surface area contributed by atoms with E-state index in [0.29, 0.717) is 5.75 Å². The molecule has 0 aliphatic heterocycles. The molecule has 1 fully saturated rings. The molecule has 0 heterocycles. The van der Waals surface area contributed by atoms with Crippen molar-refractivity contribution >= 4 is 10.8 Å². The van der Waals surface area contributed by atoms with Crippen LogP contribution in [0.4, 0.5) is 0 Å². The molecule has 1 aliphatic rings. The first-order chi connectivity index (χ1) is 8.17. The van der Waals surface area contributed by atoms with Crippen molar-refractivity contribution in [1.29, 1.82) is 0 Å². The number of benzene rings is 2. The highest BCUT2D eigenvalue weighted by molar-refractivity contribution is 5.84. The normalized spacial score (nSPS) is 18.6. The van der Waals surface area contributed by atoms with E-state index in [1.807, 2.05) is 6.07 Å². The van der Waals surface area contributed by atoms with Crippen LogP contribution in [0.25, 0.3) is 10.8 Å².